The zero-order valence-electron chi connectivity index (χ0n) is 7.43. The van der Waals surface area contributed by atoms with Gasteiger partial charge in [-0.3, -0.25) is 0 Å². The first-order chi connectivity index (χ1) is 4.89. The average molecular weight is 174 g/mol. The van der Waals surface area contributed by atoms with Crippen molar-refractivity contribution in [3.05, 3.63) is 12.2 Å². The van der Waals surface area contributed by atoms with E-state index in [1.807, 2.05) is 0 Å². The Morgan fingerprint density at radius 3 is 2.27 bits per heavy atom. The smallest absolute Gasteiger partial charge is 0.335 e. The maximum Gasteiger partial charge on any atom is 0.335 e. The highest BCUT2D eigenvalue weighted by molar-refractivity contribution is 5.98. The van der Waals surface area contributed by atoms with E-state index in [1.54, 1.807) is 20.8 Å². The van der Waals surface area contributed by atoms with Crippen LogP contribution in [0.25, 0.3) is 0 Å². The quantitative estimate of drug-likeness (QED) is 0.264. The van der Waals surface area contributed by atoms with Crippen molar-refractivity contribution >= 4 is 16.5 Å². The first-order valence-electron chi connectivity index (χ1n) is 3.33. The van der Waals surface area contributed by atoms with E-state index in [2.05, 4.69) is 6.58 Å². The van der Waals surface area contributed by atoms with Crippen LogP contribution in [0.15, 0.2) is 12.2 Å². The molecule has 64 valence electrons. The number of carbonyl (C=O) groups is 1. The van der Waals surface area contributed by atoms with E-state index in [-0.39, 0.29) is 0 Å². The van der Waals surface area contributed by atoms with Crippen LogP contribution in [0, 0.1) is 0 Å². The Kier molecular flexibility index (Phi) is 3.48. The molecule has 0 aromatic carbocycles. The third-order valence-electron chi connectivity index (χ3n) is 1.18. The van der Waals surface area contributed by atoms with Crippen molar-refractivity contribution < 1.29 is 14.0 Å². The van der Waals surface area contributed by atoms with Crippen LogP contribution < -0.4 is 0 Å². The molecule has 0 fully saturated rings. The average Bonchev–Trinajstić information content (AvgIpc) is 1.87. The maximum atomic E-state index is 10.9. The number of esters is 1. The first kappa shape index (κ1) is 10.4. The fraction of sp³-hybridized carbons (Fsp3) is 0.571. The van der Waals surface area contributed by atoms with E-state index in [0.29, 0.717) is 16.1 Å². The summed E-state index contributed by atoms with van der Waals surface area (Å²) in [7, 11) is 0.542. The fourth-order valence-corrected chi connectivity index (χ4v) is 0.435. The summed E-state index contributed by atoms with van der Waals surface area (Å²) in [5.41, 5.74) is 0.386. The molecular formula is C7H14O3Si. The predicted octanol–water partition coefficient (Wildman–Crippen LogP) is 0.139. The fourth-order valence-electron chi connectivity index (χ4n) is 0.352. The van der Waals surface area contributed by atoms with Gasteiger partial charge in [0.25, 0.3) is 0 Å². The third-order valence-corrected chi connectivity index (χ3v) is 2.16. The van der Waals surface area contributed by atoms with Crippen LogP contribution >= 0.6 is 0 Å². The third kappa shape index (κ3) is 3.95. The highest BCUT2D eigenvalue weighted by Gasteiger charge is 2.20. The second-order valence-electron chi connectivity index (χ2n) is 2.77. The van der Waals surface area contributed by atoms with E-state index in [4.69, 9.17) is 9.16 Å². The van der Waals surface area contributed by atoms with Gasteiger partial charge in [0, 0.05) is 19.4 Å². The topological polar surface area (TPSA) is 35.5 Å². The molecule has 0 aromatic rings. The number of hydrogen-bond donors (Lipinski definition) is 0. The predicted molar refractivity (Wildman–Crippen MR) is 46.0 cm³/mol. The van der Waals surface area contributed by atoms with Crippen molar-refractivity contribution in [2.75, 3.05) is 0 Å². The summed E-state index contributed by atoms with van der Waals surface area (Å²) < 4.78 is 9.94. The van der Waals surface area contributed by atoms with E-state index < -0.39 is 11.8 Å². The van der Waals surface area contributed by atoms with Crippen molar-refractivity contribution in [2.45, 2.75) is 26.6 Å². The highest BCUT2D eigenvalue weighted by Crippen LogP contribution is 2.10. The van der Waals surface area contributed by atoms with Gasteiger partial charge < -0.3 is 9.16 Å². The number of rotatable bonds is 3. The van der Waals surface area contributed by atoms with Crippen LogP contribution in [-0.4, -0.2) is 22.2 Å². The molecule has 0 amide bonds. The standard InChI is InChI=1S/C7H14O3Si/c1-5(2)6(8)9-7(3,4)10-11/h1H2,2-4,11H3. The molecule has 4 heteroatoms. The zero-order chi connectivity index (χ0) is 9.07. The molecular weight excluding hydrogens is 160 g/mol. The molecule has 0 aliphatic carbocycles. The SMILES string of the molecule is C=C(C)C(=O)OC(C)(C)O[SiH3]. The molecule has 0 aliphatic rings. The lowest BCUT2D eigenvalue weighted by atomic mass is 10.3. The Balaban J connectivity index is 4.04. The van der Waals surface area contributed by atoms with Gasteiger partial charge in [-0.2, -0.15) is 0 Å². The van der Waals surface area contributed by atoms with Crippen LogP contribution in [0.3, 0.4) is 0 Å². The number of ether oxygens (including phenoxy) is 1. The molecule has 0 unspecified atom stereocenters. The van der Waals surface area contributed by atoms with Gasteiger partial charge in [-0.1, -0.05) is 6.58 Å². The Morgan fingerprint density at radius 2 is 2.00 bits per heavy atom. The minimum absolute atomic E-state index is 0.386. The summed E-state index contributed by atoms with van der Waals surface area (Å²) in [6.07, 6.45) is 0. The Labute approximate surface area is 69.9 Å². The van der Waals surface area contributed by atoms with Crippen LogP contribution in [-0.2, 0) is 14.0 Å². The molecule has 0 saturated heterocycles. The van der Waals surface area contributed by atoms with Crippen LogP contribution in [0.2, 0.25) is 0 Å². The summed E-state index contributed by atoms with van der Waals surface area (Å²) in [4.78, 5) is 10.9. The van der Waals surface area contributed by atoms with Gasteiger partial charge in [-0.25, -0.2) is 4.79 Å². The molecule has 0 bridgehead atoms. The molecule has 0 atom stereocenters. The largest absolute Gasteiger partial charge is 0.431 e. The molecule has 0 rings (SSSR count). The number of carbonyl (C=O) groups excluding carboxylic acids is 1. The van der Waals surface area contributed by atoms with E-state index >= 15 is 0 Å². The van der Waals surface area contributed by atoms with Crippen LogP contribution in [0.4, 0.5) is 0 Å². The summed E-state index contributed by atoms with van der Waals surface area (Å²) in [6.45, 7) is 8.45. The lowest BCUT2D eigenvalue weighted by molar-refractivity contribution is -0.180. The number of hydrogen-bond acceptors (Lipinski definition) is 3. The molecule has 0 radical (unpaired) electrons. The zero-order valence-corrected chi connectivity index (χ0v) is 9.43. The maximum absolute atomic E-state index is 10.9. The van der Waals surface area contributed by atoms with Gasteiger partial charge in [0.1, 0.15) is 0 Å². The monoisotopic (exact) mass is 174 g/mol. The second kappa shape index (κ2) is 3.68. The highest BCUT2D eigenvalue weighted by atomic mass is 28.2. The van der Waals surface area contributed by atoms with Crippen molar-refractivity contribution in [1.29, 1.82) is 0 Å². The summed E-state index contributed by atoms with van der Waals surface area (Å²) in [5.74, 6) is -1.21. The van der Waals surface area contributed by atoms with Crippen molar-refractivity contribution in [3.63, 3.8) is 0 Å². The molecule has 0 N–H and O–H groups in total. The molecule has 3 nitrogen and oxygen atoms in total. The van der Waals surface area contributed by atoms with Gasteiger partial charge in [0.15, 0.2) is 16.3 Å². The van der Waals surface area contributed by atoms with Gasteiger partial charge in [0.05, 0.1) is 0 Å². The molecule has 0 heterocycles. The van der Waals surface area contributed by atoms with E-state index in [9.17, 15) is 4.79 Å². The first-order valence-corrected chi connectivity index (χ1v) is 4.14. The summed E-state index contributed by atoms with van der Waals surface area (Å²) >= 11 is 0. The van der Waals surface area contributed by atoms with Gasteiger partial charge in [-0.15, -0.1) is 0 Å². The van der Waals surface area contributed by atoms with Crippen LogP contribution in [0.1, 0.15) is 20.8 Å². The van der Waals surface area contributed by atoms with Crippen molar-refractivity contribution in [3.8, 4) is 0 Å². The van der Waals surface area contributed by atoms with Crippen molar-refractivity contribution in [1.82, 2.24) is 0 Å². The van der Waals surface area contributed by atoms with E-state index in [1.165, 1.54) is 0 Å². The Morgan fingerprint density at radius 1 is 1.55 bits per heavy atom. The van der Waals surface area contributed by atoms with E-state index in [0.717, 1.165) is 0 Å². The second-order valence-corrected chi connectivity index (χ2v) is 3.18. The lowest BCUT2D eigenvalue weighted by Crippen LogP contribution is -2.30. The minimum atomic E-state index is -0.803. The van der Waals surface area contributed by atoms with Gasteiger partial charge in [-0.05, 0) is 6.92 Å². The molecule has 0 aliphatic heterocycles. The Hall–Kier alpha value is -0.613. The normalized spacial score (nSPS) is 11.2. The van der Waals surface area contributed by atoms with Gasteiger partial charge >= 0.3 is 5.97 Å². The molecule has 0 saturated carbocycles. The molecule has 0 spiro atoms. The lowest BCUT2D eigenvalue weighted by Gasteiger charge is -2.23. The van der Waals surface area contributed by atoms with Crippen molar-refractivity contribution in [2.24, 2.45) is 0 Å². The Bertz CT molecular complexity index is 175. The van der Waals surface area contributed by atoms with Gasteiger partial charge in [0.2, 0.25) is 0 Å². The molecule has 11 heavy (non-hydrogen) atoms. The summed E-state index contributed by atoms with van der Waals surface area (Å²) in [6, 6.07) is 0. The molecule has 0 aromatic heterocycles. The van der Waals surface area contributed by atoms with Crippen LogP contribution in [0.5, 0.6) is 0 Å². The summed E-state index contributed by atoms with van der Waals surface area (Å²) in [5, 5.41) is 0. The minimum Gasteiger partial charge on any atom is -0.431 e.